The third kappa shape index (κ3) is 9.54. The number of benzene rings is 4. The van der Waals surface area contributed by atoms with Crippen molar-refractivity contribution in [3.63, 3.8) is 0 Å². The second-order valence-corrected chi connectivity index (χ2v) is 22.0. The second-order valence-electron chi connectivity index (χ2n) is 18.7. The fourth-order valence-corrected chi connectivity index (χ4v) is 13.9. The molecule has 4 aromatic carbocycles. The number of rotatable bonds is 14. The number of halogens is 1. The number of nitrogens with one attached hydrogen (secondary N) is 3. The smallest absolute Gasteiger partial charge is 0.349 e. The van der Waals surface area contributed by atoms with Gasteiger partial charge in [-0.25, -0.2) is 18.0 Å². The normalized spacial score (nSPS) is 21.5. The van der Waals surface area contributed by atoms with Crippen LogP contribution in [0.2, 0.25) is 5.02 Å². The van der Waals surface area contributed by atoms with Crippen molar-refractivity contribution >= 4 is 96.4 Å². The number of aliphatic carboxylic acids is 1. The largest absolute Gasteiger partial charge is 0.479 e. The van der Waals surface area contributed by atoms with Gasteiger partial charge in [-0.15, -0.1) is 11.3 Å². The molecule has 0 radical (unpaired) electrons. The lowest BCUT2D eigenvalue weighted by Gasteiger charge is -2.45. The predicted molar refractivity (Wildman–Crippen MR) is 262 cm³/mol. The number of carboxylic acid groups (broad SMARTS) is 2. The van der Waals surface area contributed by atoms with Crippen LogP contribution in [0.15, 0.2) is 78.9 Å². The number of carboxylic acids is 2. The van der Waals surface area contributed by atoms with E-state index in [4.69, 9.17) is 21.4 Å². The van der Waals surface area contributed by atoms with Gasteiger partial charge in [0.2, 0.25) is 27.7 Å². The van der Waals surface area contributed by atoms with Crippen molar-refractivity contribution in [1.29, 1.82) is 0 Å². The number of carbonyl (C=O) groups is 6. The summed E-state index contributed by atoms with van der Waals surface area (Å²) in [6.07, 6.45) is 4.20. The first-order valence-corrected chi connectivity index (χ1v) is 25.6. The van der Waals surface area contributed by atoms with Crippen LogP contribution < -0.4 is 25.6 Å². The SMILES string of the molecule is CC1(C)C[C@@H](Nc2cccc(-c3sc(C(=O)O)c(OCC(=O)O)c3Cl)c2)CCN1S(=O)(=O)Cc1cccc(NC(=O)C2CCC(c3ccc4c5c(cccc35)C(=O)N4C3CCC(=O)NC3=O)CC2)c1. The summed E-state index contributed by atoms with van der Waals surface area (Å²) in [5.41, 5.74) is 3.90. The van der Waals surface area contributed by atoms with Crippen LogP contribution in [0.3, 0.4) is 0 Å². The average Bonchev–Trinajstić information content (AvgIpc) is 3.78. The highest BCUT2D eigenvalue weighted by atomic mass is 35.5. The molecule has 69 heavy (non-hydrogen) atoms. The number of nitrogens with zero attached hydrogens (tertiary/aromatic N) is 2. The molecule has 0 bridgehead atoms. The zero-order valence-electron chi connectivity index (χ0n) is 37.8. The Morgan fingerprint density at radius 3 is 2.38 bits per heavy atom. The molecule has 4 aliphatic rings. The number of sulfonamides is 1. The number of carbonyl (C=O) groups excluding carboxylic acids is 4. The summed E-state index contributed by atoms with van der Waals surface area (Å²) in [5, 5.41) is 29.5. The van der Waals surface area contributed by atoms with Gasteiger partial charge in [0.1, 0.15) is 11.1 Å². The minimum absolute atomic E-state index is 0.00135. The number of thiophene rings is 1. The van der Waals surface area contributed by atoms with Crippen molar-refractivity contribution in [3.05, 3.63) is 105 Å². The number of piperidine rings is 2. The molecule has 1 saturated carbocycles. The summed E-state index contributed by atoms with van der Waals surface area (Å²) in [5.74, 6) is -4.32. The van der Waals surface area contributed by atoms with Gasteiger partial charge in [0.15, 0.2) is 17.2 Å². The van der Waals surface area contributed by atoms with Crippen molar-refractivity contribution in [1.82, 2.24) is 9.62 Å². The molecule has 4 amide bonds. The Bertz CT molecular complexity index is 3060. The van der Waals surface area contributed by atoms with Crippen LogP contribution in [-0.4, -0.2) is 89.3 Å². The number of anilines is 3. The first-order chi connectivity index (χ1) is 32.9. The molecule has 9 rings (SSSR count). The van der Waals surface area contributed by atoms with Crippen LogP contribution in [-0.2, 0) is 35.0 Å². The number of imide groups is 1. The van der Waals surface area contributed by atoms with Gasteiger partial charge in [-0.2, -0.15) is 4.31 Å². The van der Waals surface area contributed by atoms with E-state index in [2.05, 4.69) is 16.0 Å². The van der Waals surface area contributed by atoms with Crippen molar-refractivity contribution in [2.45, 2.75) is 94.5 Å². The Morgan fingerprint density at radius 1 is 0.913 bits per heavy atom. The Morgan fingerprint density at radius 2 is 1.65 bits per heavy atom. The number of aromatic carboxylic acids is 1. The molecule has 16 nitrogen and oxygen atoms in total. The van der Waals surface area contributed by atoms with Crippen molar-refractivity contribution < 1.29 is 52.1 Å². The lowest BCUT2D eigenvalue weighted by Crippen LogP contribution is -2.55. The molecule has 19 heteroatoms. The number of hydrogen-bond acceptors (Lipinski definition) is 11. The Balaban J connectivity index is 0.803. The predicted octanol–water partition coefficient (Wildman–Crippen LogP) is 8.25. The minimum Gasteiger partial charge on any atom is -0.479 e. The van der Waals surface area contributed by atoms with Gasteiger partial charge >= 0.3 is 11.9 Å². The van der Waals surface area contributed by atoms with Gasteiger partial charge in [0.05, 0.1) is 16.3 Å². The Labute approximate surface area is 407 Å². The number of hydrogen-bond donors (Lipinski definition) is 5. The molecule has 2 atom stereocenters. The summed E-state index contributed by atoms with van der Waals surface area (Å²) >= 11 is 7.41. The van der Waals surface area contributed by atoms with E-state index in [0.717, 1.165) is 40.5 Å². The highest BCUT2D eigenvalue weighted by Crippen LogP contribution is 2.48. The topological polar surface area (TPSA) is 229 Å². The van der Waals surface area contributed by atoms with Gasteiger partial charge < -0.3 is 25.6 Å². The van der Waals surface area contributed by atoms with Crippen molar-refractivity contribution in [2.24, 2.45) is 5.92 Å². The first-order valence-electron chi connectivity index (χ1n) is 22.8. The number of amides is 4. The van der Waals surface area contributed by atoms with Crippen molar-refractivity contribution in [2.75, 3.05) is 28.7 Å². The molecule has 3 aliphatic heterocycles. The average molecular weight is 997 g/mol. The quantitative estimate of drug-likeness (QED) is 0.0663. The summed E-state index contributed by atoms with van der Waals surface area (Å²) in [4.78, 5) is 76.7. The van der Waals surface area contributed by atoms with Crippen LogP contribution in [0, 0.1) is 5.92 Å². The summed E-state index contributed by atoms with van der Waals surface area (Å²) in [6.45, 7) is 3.29. The van der Waals surface area contributed by atoms with Crippen molar-refractivity contribution in [3.8, 4) is 16.2 Å². The van der Waals surface area contributed by atoms with Gasteiger partial charge in [-0.3, -0.25) is 29.4 Å². The van der Waals surface area contributed by atoms with E-state index in [1.54, 1.807) is 52.8 Å². The van der Waals surface area contributed by atoms with Crippen LogP contribution in [0.25, 0.3) is 21.2 Å². The fraction of sp³-hybridized carbons (Fsp3) is 0.360. The van der Waals surface area contributed by atoms with E-state index in [-0.39, 0.29) is 76.4 Å². The molecule has 1 aromatic heterocycles. The van der Waals surface area contributed by atoms with Crippen LogP contribution in [0.1, 0.15) is 102 Å². The summed E-state index contributed by atoms with van der Waals surface area (Å²) in [7, 11) is -3.81. The molecule has 2 saturated heterocycles. The van der Waals surface area contributed by atoms with E-state index >= 15 is 0 Å². The first kappa shape index (κ1) is 47.7. The standard InChI is InChI=1S/C50H50ClN5O11S2/c1-50(2)24-33(52-32-9-4-7-30(23-32)44-42(51)43(67-25-40(58)59)45(68-44)49(63)64)20-21-55(50)69(65,66)26-27-6-3-8-31(22-27)53-46(60)29-14-12-28(13-15-29)34-16-17-37-41-35(34)10-5-11-36(41)48(62)56(37)38-18-19-39(57)54-47(38)61/h3-11,16-17,22-23,28-29,33,38,52H,12-15,18-21,24-26H2,1-2H3,(H,53,60)(H,58,59)(H,63,64)(H,54,57,61)/t28?,29?,33-,38?/m0/s1. The van der Waals surface area contributed by atoms with E-state index in [1.807, 2.05) is 44.2 Å². The molecule has 4 heterocycles. The number of ether oxygens (including phenoxy) is 1. The molecule has 360 valence electrons. The third-order valence-corrected chi connectivity index (χ3v) is 17.4. The highest BCUT2D eigenvalue weighted by Gasteiger charge is 2.43. The van der Waals surface area contributed by atoms with Gasteiger partial charge in [-0.1, -0.05) is 54.1 Å². The molecule has 3 fully saturated rings. The molecule has 0 spiro atoms. The van der Waals surface area contributed by atoms with Gasteiger partial charge in [0, 0.05) is 52.8 Å². The van der Waals surface area contributed by atoms with E-state index < -0.39 is 46.1 Å². The maximum absolute atomic E-state index is 14.1. The molecule has 5 aromatic rings. The Kier molecular flexibility index (Phi) is 13.0. The summed E-state index contributed by atoms with van der Waals surface area (Å²) < 4.78 is 34.9. The van der Waals surface area contributed by atoms with E-state index in [9.17, 15) is 42.3 Å². The monoisotopic (exact) mass is 995 g/mol. The molecule has 5 N–H and O–H groups in total. The maximum atomic E-state index is 14.1. The zero-order chi connectivity index (χ0) is 48.9. The fourth-order valence-electron chi connectivity index (χ4n) is 10.6. The van der Waals surface area contributed by atoms with Gasteiger partial charge in [-0.05, 0) is 123 Å². The molecular formula is C50H50ClN5O11S2. The van der Waals surface area contributed by atoms with Crippen LogP contribution >= 0.6 is 22.9 Å². The summed E-state index contributed by atoms with van der Waals surface area (Å²) in [6, 6.07) is 22.8. The molecule has 1 unspecified atom stereocenters. The lowest BCUT2D eigenvalue weighted by molar-refractivity contribution is -0.139. The van der Waals surface area contributed by atoms with E-state index in [0.29, 0.717) is 64.3 Å². The van der Waals surface area contributed by atoms with E-state index in [1.165, 1.54) is 4.90 Å². The van der Waals surface area contributed by atoms with Crippen LogP contribution in [0.5, 0.6) is 5.75 Å². The zero-order valence-corrected chi connectivity index (χ0v) is 40.1. The highest BCUT2D eigenvalue weighted by molar-refractivity contribution is 7.88. The molecular weight excluding hydrogens is 946 g/mol. The van der Waals surface area contributed by atoms with Gasteiger partial charge in [0.25, 0.3) is 5.91 Å². The van der Waals surface area contributed by atoms with Crippen LogP contribution in [0.4, 0.5) is 17.1 Å². The molecule has 1 aliphatic carbocycles. The minimum atomic E-state index is -3.81. The maximum Gasteiger partial charge on any atom is 0.349 e. The second kappa shape index (κ2) is 18.9. The lowest BCUT2D eigenvalue weighted by atomic mass is 9.77. The third-order valence-electron chi connectivity index (χ3n) is 13.6. The Hall–Kier alpha value is -6.34.